The summed E-state index contributed by atoms with van der Waals surface area (Å²) >= 11 is 1.58. The molecule has 0 radical (unpaired) electrons. The van der Waals surface area contributed by atoms with Gasteiger partial charge in [0.05, 0.1) is 10.4 Å². The molecule has 1 aliphatic heterocycles. The zero-order valence-electron chi connectivity index (χ0n) is 13.1. The molecule has 0 aliphatic carbocycles. The quantitative estimate of drug-likeness (QED) is 0.469. The Hall–Kier alpha value is -1.93. The molecule has 126 valence electrons. The molecule has 6 nitrogen and oxygen atoms in total. The zero-order chi connectivity index (χ0) is 16.5. The molecule has 1 saturated heterocycles. The molecule has 7 heteroatoms. The molecule has 3 heterocycles. The molecule has 24 heavy (non-hydrogen) atoms. The lowest BCUT2D eigenvalue weighted by molar-refractivity contribution is 0.118. The predicted octanol–water partition coefficient (Wildman–Crippen LogP) is 2.33. The normalized spacial score (nSPS) is 19.6. The van der Waals surface area contributed by atoms with E-state index in [9.17, 15) is 10.2 Å². The molecule has 1 fully saturated rings. The van der Waals surface area contributed by atoms with E-state index in [4.69, 9.17) is 0 Å². The van der Waals surface area contributed by atoms with Gasteiger partial charge < -0.3 is 20.5 Å². The van der Waals surface area contributed by atoms with E-state index in [-0.39, 0.29) is 11.8 Å². The Morgan fingerprint density at radius 3 is 3.00 bits per heavy atom. The number of H-pyrrole nitrogens is 1. The Balaban J connectivity index is 1.68. The number of phenols is 1. The van der Waals surface area contributed by atoms with Crippen LogP contribution in [0.3, 0.4) is 0 Å². The number of aliphatic hydroxyl groups is 1. The van der Waals surface area contributed by atoms with Gasteiger partial charge in [0.1, 0.15) is 23.3 Å². The monoisotopic (exact) mass is 344 g/mol. The van der Waals surface area contributed by atoms with Crippen molar-refractivity contribution in [1.82, 2.24) is 20.6 Å². The summed E-state index contributed by atoms with van der Waals surface area (Å²) < 4.78 is 0. The first-order valence-electron chi connectivity index (χ1n) is 8.12. The standard InChI is InChI=1S/C17H20N4O2S/c22-12-6-5-11(17(23)19-10-3-1-7-18-9-10)14-15(12)21-16(20-14)13-4-2-8-24-13/h2,4-6,8,10,17-19,22-23H,1,3,7,9H2,(H,20,21)/t10-,17?/m1/s1. The highest BCUT2D eigenvalue weighted by Crippen LogP contribution is 2.32. The highest BCUT2D eigenvalue weighted by atomic mass is 32.1. The lowest BCUT2D eigenvalue weighted by Crippen LogP contribution is -2.44. The van der Waals surface area contributed by atoms with Crippen molar-refractivity contribution in [2.24, 2.45) is 0 Å². The number of imidazole rings is 1. The van der Waals surface area contributed by atoms with Gasteiger partial charge in [0.2, 0.25) is 0 Å². The fourth-order valence-corrected chi connectivity index (χ4v) is 3.83. The van der Waals surface area contributed by atoms with Gasteiger partial charge >= 0.3 is 0 Å². The average molecular weight is 344 g/mol. The van der Waals surface area contributed by atoms with E-state index in [1.54, 1.807) is 23.5 Å². The molecule has 1 aliphatic rings. The third kappa shape index (κ3) is 2.91. The number of nitrogens with one attached hydrogen (secondary N) is 3. The molecule has 0 saturated carbocycles. The van der Waals surface area contributed by atoms with Gasteiger partial charge in [0.25, 0.3) is 0 Å². The van der Waals surface area contributed by atoms with E-state index in [1.165, 1.54) is 0 Å². The number of hydrogen-bond acceptors (Lipinski definition) is 6. The second kappa shape index (κ2) is 6.52. The summed E-state index contributed by atoms with van der Waals surface area (Å²) in [6.45, 7) is 1.88. The van der Waals surface area contributed by atoms with Gasteiger partial charge in [0, 0.05) is 18.2 Å². The highest BCUT2D eigenvalue weighted by molar-refractivity contribution is 7.13. The topological polar surface area (TPSA) is 93.2 Å². The minimum Gasteiger partial charge on any atom is -0.506 e. The van der Waals surface area contributed by atoms with E-state index in [1.807, 2.05) is 17.5 Å². The number of nitrogens with zero attached hydrogens (tertiary/aromatic N) is 1. The maximum Gasteiger partial charge on any atom is 0.148 e. The van der Waals surface area contributed by atoms with Crippen molar-refractivity contribution in [2.75, 3.05) is 13.1 Å². The minimum absolute atomic E-state index is 0.135. The first-order valence-corrected chi connectivity index (χ1v) is 9.00. The summed E-state index contributed by atoms with van der Waals surface area (Å²) in [6.07, 6.45) is 1.31. The van der Waals surface area contributed by atoms with Crippen LogP contribution in [0.4, 0.5) is 0 Å². The van der Waals surface area contributed by atoms with Crippen molar-refractivity contribution in [3.8, 4) is 16.5 Å². The Morgan fingerprint density at radius 2 is 2.25 bits per heavy atom. The zero-order valence-corrected chi connectivity index (χ0v) is 13.9. The van der Waals surface area contributed by atoms with Crippen LogP contribution in [0.2, 0.25) is 0 Å². The van der Waals surface area contributed by atoms with Crippen LogP contribution in [0, 0.1) is 0 Å². The molecule has 0 amide bonds. The molecule has 0 spiro atoms. The van der Waals surface area contributed by atoms with Crippen LogP contribution in [0.25, 0.3) is 21.7 Å². The molecule has 0 bridgehead atoms. The van der Waals surface area contributed by atoms with Gasteiger partial charge in [-0.15, -0.1) is 11.3 Å². The van der Waals surface area contributed by atoms with Gasteiger partial charge in [0.15, 0.2) is 0 Å². The largest absolute Gasteiger partial charge is 0.506 e. The van der Waals surface area contributed by atoms with E-state index in [0.29, 0.717) is 22.4 Å². The van der Waals surface area contributed by atoms with Crippen molar-refractivity contribution in [3.05, 3.63) is 35.2 Å². The van der Waals surface area contributed by atoms with Crippen LogP contribution in [0.15, 0.2) is 29.6 Å². The van der Waals surface area contributed by atoms with Gasteiger partial charge in [-0.2, -0.15) is 0 Å². The second-order valence-electron chi connectivity index (χ2n) is 6.07. The van der Waals surface area contributed by atoms with Crippen LogP contribution >= 0.6 is 11.3 Å². The number of aromatic amines is 1. The Labute approximate surface area is 143 Å². The molecule has 1 unspecified atom stereocenters. The van der Waals surface area contributed by atoms with Gasteiger partial charge in [-0.1, -0.05) is 6.07 Å². The summed E-state index contributed by atoms with van der Waals surface area (Å²) in [5.41, 5.74) is 1.83. The van der Waals surface area contributed by atoms with E-state index in [2.05, 4.69) is 20.6 Å². The van der Waals surface area contributed by atoms with Gasteiger partial charge in [-0.05, 0) is 43.0 Å². The SMILES string of the molecule is Oc1ccc(C(O)N[C@@H]2CCCNC2)c2nc(-c3cccs3)[nH]c12. The predicted molar refractivity (Wildman–Crippen MR) is 95.1 cm³/mol. The second-order valence-corrected chi connectivity index (χ2v) is 7.02. The van der Waals surface area contributed by atoms with Crippen molar-refractivity contribution < 1.29 is 10.2 Å². The minimum atomic E-state index is -0.822. The highest BCUT2D eigenvalue weighted by Gasteiger charge is 2.21. The van der Waals surface area contributed by atoms with Crippen LogP contribution < -0.4 is 10.6 Å². The van der Waals surface area contributed by atoms with Crippen LogP contribution in [-0.2, 0) is 0 Å². The van der Waals surface area contributed by atoms with Crippen LogP contribution in [0.1, 0.15) is 24.6 Å². The van der Waals surface area contributed by atoms with Crippen molar-refractivity contribution in [2.45, 2.75) is 25.1 Å². The number of aliphatic hydroxyl groups excluding tert-OH is 1. The maximum atomic E-state index is 10.6. The van der Waals surface area contributed by atoms with Gasteiger partial charge in [-0.25, -0.2) is 4.98 Å². The number of aromatic hydroxyl groups is 1. The van der Waals surface area contributed by atoms with Crippen LogP contribution in [0.5, 0.6) is 5.75 Å². The number of piperidine rings is 1. The van der Waals surface area contributed by atoms with E-state index < -0.39 is 6.23 Å². The van der Waals surface area contributed by atoms with Crippen molar-refractivity contribution in [1.29, 1.82) is 0 Å². The molecule has 2 aromatic heterocycles. The summed E-state index contributed by atoms with van der Waals surface area (Å²) in [4.78, 5) is 8.77. The third-order valence-electron chi connectivity index (χ3n) is 4.39. The number of thiophene rings is 1. The molecule has 5 N–H and O–H groups in total. The summed E-state index contributed by atoms with van der Waals surface area (Å²) in [6, 6.07) is 7.48. The Bertz CT molecular complexity index is 825. The fraction of sp³-hybridized carbons (Fsp3) is 0.353. The number of hydrogen-bond donors (Lipinski definition) is 5. The molecule has 2 atom stereocenters. The number of rotatable bonds is 4. The third-order valence-corrected chi connectivity index (χ3v) is 5.27. The van der Waals surface area contributed by atoms with Crippen molar-refractivity contribution in [3.63, 3.8) is 0 Å². The van der Waals surface area contributed by atoms with Crippen LogP contribution in [-0.4, -0.2) is 39.3 Å². The Kier molecular flexibility index (Phi) is 4.24. The molecule has 3 aromatic rings. The summed E-state index contributed by atoms with van der Waals surface area (Å²) in [5.74, 6) is 0.838. The lowest BCUT2D eigenvalue weighted by atomic mass is 10.1. The summed E-state index contributed by atoms with van der Waals surface area (Å²) in [5, 5.41) is 29.3. The van der Waals surface area contributed by atoms with Crippen molar-refractivity contribution >= 4 is 22.4 Å². The fourth-order valence-electron chi connectivity index (χ4n) is 3.16. The molecular formula is C17H20N4O2S. The lowest BCUT2D eigenvalue weighted by Gasteiger charge is -2.26. The molecule has 4 rings (SSSR count). The van der Waals surface area contributed by atoms with E-state index in [0.717, 1.165) is 30.8 Å². The molecular weight excluding hydrogens is 324 g/mol. The number of fused-ring (bicyclic) bond motifs is 1. The smallest absolute Gasteiger partial charge is 0.148 e. The number of phenolic OH excluding ortho intramolecular Hbond substituents is 1. The maximum absolute atomic E-state index is 10.6. The number of aromatic nitrogens is 2. The Morgan fingerprint density at radius 1 is 1.33 bits per heavy atom. The van der Waals surface area contributed by atoms with Gasteiger partial charge in [-0.3, -0.25) is 5.32 Å². The summed E-state index contributed by atoms with van der Waals surface area (Å²) in [7, 11) is 0. The first kappa shape index (κ1) is 15.6. The van der Waals surface area contributed by atoms with E-state index >= 15 is 0 Å². The average Bonchev–Trinajstić information content (AvgIpc) is 3.26. The first-order chi connectivity index (χ1) is 11.7. The molecule has 1 aromatic carbocycles. The number of benzene rings is 1.